The van der Waals surface area contributed by atoms with E-state index >= 15 is 0 Å². The van der Waals surface area contributed by atoms with Crippen LogP contribution in [-0.4, -0.2) is 17.9 Å². The van der Waals surface area contributed by atoms with E-state index in [2.05, 4.69) is 5.32 Å². The van der Waals surface area contributed by atoms with Crippen molar-refractivity contribution >= 4 is 51.5 Å². The zero-order valence-electron chi connectivity index (χ0n) is 11.6. The van der Waals surface area contributed by atoms with E-state index in [0.29, 0.717) is 14.3 Å². The second-order valence-corrected chi connectivity index (χ2v) is 5.91. The van der Waals surface area contributed by atoms with Crippen molar-refractivity contribution in [2.45, 2.75) is 0 Å². The third-order valence-electron chi connectivity index (χ3n) is 2.89. The van der Waals surface area contributed by atoms with Gasteiger partial charge in [0.15, 0.2) is 0 Å². The van der Waals surface area contributed by atoms with Crippen molar-refractivity contribution in [1.29, 1.82) is 0 Å². The molecule has 0 heterocycles. The Morgan fingerprint density at radius 2 is 2.09 bits per heavy atom. The van der Waals surface area contributed by atoms with E-state index in [4.69, 9.17) is 16.3 Å². The Kier molecular flexibility index (Phi) is 5.37. The lowest BCUT2D eigenvalue weighted by atomic mass is 10.1. The van der Waals surface area contributed by atoms with Crippen LogP contribution in [0.3, 0.4) is 0 Å². The maximum absolute atomic E-state index is 13.3. The molecule has 9 heteroatoms. The highest BCUT2D eigenvalue weighted by atomic mass is 127. The van der Waals surface area contributed by atoms with Crippen molar-refractivity contribution in [1.82, 2.24) is 0 Å². The number of carbonyl (C=O) groups is 1. The van der Waals surface area contributed by atoms with Crippen LogP contribution in [-0.2, 0) is 0 Å². The van der Waals surface area contributed by atoms with Gasteiger partial charge in [0.05, 0.1) is 22.6 Å². The molecule has 0 aliphatic heterocycles. The van der Waals surface area contributed by atoms with Gasteiger partial charge in [-0.15, -0.1) is 0 Å². The number of carbonyl (C=O) groups excluding carboxylic acids is 1. The number of hydrogen-bond donors (Lipinski definition) is 1. The maximum atomic E-state index is 13.3. The van der Waals surface area contributed by atoms with Crippen molar-refractivity contribution in [3.8, 4) is 5.75 Å². The predicted octanol–water partition coefficient (Wildman–Crippen LogP) is 4.25. The molecule has 0 radical (unpaired) electrons. The quantitative estimate of drug-likeness (QED) is 0.429. The second kappa shape index (κ2) is 7.09. The molecule has 0 aromatic heterocycles. The van der Waals surface area contributed by atoms with Gasteiger partial charge in [-0.1, -0.05) is 11.6 Å². The number of rotatable bonds is 4. The summed E-state index contributed by atoms with van der Waals surface area (Å²) in [4.78, 5) is 22.2. The molecular formula is C14H9ClFIN2O4. The first-order chi connectivity index (χ1) is 10.8. The highest BCUT2D eigenvalue weighted by Gasteiger charge is 2.18. The molecule has 0 fully saturated rings. The fourth-order valence-electron chi connectivity index (χ4n) is 1.80. The van der Waals surface area contributed by atoms with Gasteiger partial charge < -0.3 is 10.1 Å². The Morgan fingerprint density at radius 3 is 2.70 bits per heavy atom. The Morgan fingerprint density at radius 1 is 1.39 bits per heavy atom. The normalized spacial score (nSPS) is 10.3. The number of nitrogens with one attached hydrogen (secondary N) is 1. The minimum absolute atomic E-state index is 0.0832. The molecule has 0 atom stereocenters. The third-order valence-corrected chi connectivity index (χ3v) is 4.41. The third kappa shape index (κ3) is 3.88. The zero-order valence-corrected chi connectivity index (χ0v) is 14.5. The minimum Gasteiger partial charge on any atom is -0.496 e. The first-order valence-electron chi connectivity index (χ1n) is 6.11. The molecule has 6 nitrogen and oxygen atoms in total. The fourth-order valence-corrected chi connectivity index (χ4v) is 2.41. The largest absolute Gasteiger partial charge is 0.496 e. The molecule has 1 amide bonds. The van der Waals surface area contributed by atoms with Gasteiger partial charge in [-0.25, -0.2) is 0 Å². The smallest absolute Gasteiger partial charge is 0.306 e. The number of benzene rings is 2. The number of hydrogen-bond acceptors (Lipinski definition) is 4. The van der Waals surface area contributed by atoms with E-state index in [9.17, 15) is 19.3 Å². The first-order valence-corrected chi connectivity index (χ1v) is 7.57. The molecule has 0 saturated carbocycles. The lowest BCUT2D eigenvalue weighted by Crippen LogP contribution is -2.13. The van der Waals surface area contributed by atoms with Gasteiger partial charge in [0, 0.05) is 15.3 Å². The van der Waals surface area contributed by atoms with Gasteiger partial charge in [-0.05, 0) is 46.9 Å². The van der Waals surface area contributed by atoms with E-state index in [-0.39, 0.29) is 11.3 Å². The number of methoxy groups -OCH3 is 1. The molecule has 2 aromatic carbocycles. The molecule has 120 valence electrons. The summed E-state index contributed by atoms with van der Waals surface area (Å²) < 4.78 is 19.1. The first kappa shape index (κ1) is 17.4. The molecule has 0 unspecified atom stereocenters. The van der Waals surface area contributed by atoms with Crippen LogP contribution in [0.1, 0.15) is 10.4 Å². The summed E-state index contributed by atoms with van der Waals surface area (Å²) in [5.41, 5.74) is -0.486. The average Bonchev–Trinajstić information content (AvgIpc) is 2.51. The topological polar surface area (TPSA) is 81.5 Å². The van der Waals surface area contributed by atoms with Gasteiger partial charge in [0.25, 0.3) is 5.91 Å². The lowest BCUT2D eigenvalue weighted by Gasteiger charge is -2.11. The molecule has 0 aliphatic carbocycles. The molecular weight excluding hydrogens is 442 g/mol. The fraction of sp³-hybridized carbons (Fsp3) is 0.0714. The Labute approximate surface area is 148 Å². The summed E-state index contributed by atoms with van der Waals surface area (Å²) in [5, 5.41) is 13.5. The number of ether oxygens (including phenoxy) is 1. The highest BCUT2D eigenvalue weighted by molar-refractivity contribution is 14.1. The van der Waals surface area contributed by atoms with E-state index in [1.807, 2.05) is 22.6 Å². The van der Waals surface area contributed by atoms with Crippen LogP contribution in [0.15, 0.2) is 30.3 Å². The predicted molar refractivity (Wildman–Crippen MR) is 91.7 cm³/mol. The van der Waals surface area contributed by atoms with Crippen LogP contribution >= 0.6 is 34.2 Å². The maximum Gasteiger partial charge on any atom is 0.306 e. The van der Waals surface area contributed by atoms with Crippen LogP contribution in [0.5, 0.6) is 5.75 Å². The van der Waals surface area contributed by atoms with Crippen molar-refractivity contribution in [3.05, 3.63) is 60.4 Å². The van der Waals surface area contributed by atoms with Crippen LogP contribution in [0.25, 0.3) is 0 Å². The van der Waals surface area contributed by atoms with Crippen molar-refractivity contribution in [3.63, 3.8) is 0 Å². The second-order valence-electron chi connectivity index (χ2n) is 4.34. The molecule has 2 rings (SSSR count). The summed E-state index contributed by atoms with van der Waals surface area (Å²) in [6.07, 6.45) is 0. The molecule has 0 saturated heterocycles. The van der Waals surface area contributed by atoms with Crippen molar-refractivity contribution in [2.75, 3.05) is 12.4 Å². The lowest BCUT2D eigenvalue weighted by molar-refractivity contribution is -0.387. The van der Waals surface area contributed by atoms with Gasteiger partial charge in [0.2, 0.25) is 5.82 Å². The molecule has 0 bridgehead atoms. The number of nitrogens with zero attached hydrogens (tertiary/aromatic N) is 1. The summed E-state index contributed by atoms with van der Waals surface area (Å²) >= 11 is 7.99. The summed E-state index contributed by atoms with van der Waals surface area (Å²) in [7, 11) is 1.40. The van der Waals surface area contributed by atoms with Gasteiger partial charge in [-0.2, -0.15) is 4.39 Å². The van der Waals surface area contributed by atoms with E-state index in [1.54, 1.807) is 6.07 Å². The number of anilines is 1. The Bertz CT molecular complexity index is 801. The SMILES string of the molecule is COc1cc(I)c(Cl)cc1C(=O)Nc1ccc(F)c([N+](=O)[O-])c1. The van der Waals surface area contributed by atoms with Gasteiger partial charge in [0.1, 0.15) is 5.75 Å². The average molecular weight is 451 g/mol. The minimum atomic E-state index is -0.983. The van der Waals surface area contributed by atoms with Gasteiger partial charge >= 0.3 is 5.69 Å². The summed E-state index contributed by atoms with van der Waals surface area (Å²) in [5.74, 6) is -1.27. The van der Waals surface area contributed by atoms with Gasteiger partial charge in [-0.3, -0.25) is 14.9 Å². The highest BCUT2D eigenvalue weighted by Crippen LogP contribution is 2.29. The van der Waals surface area contributed by atoms with E-state index in [1.165, 1.54) is 19.2 Å². The van der Waals surface area contributed by atoms with Crippen LogP contribution in [0, 0.1) is 19.5 Å². The standard InChI is InChI=1S/C14H9ClFIN2O4/c1-23-13-6-11(17)9(15)5-8(13)14(20)18-7-2-3-10(16)12(4-7)19(21)22/h2-6H,1H3,(H,18,20). The number of nitro benzene ring substituents is 1. The molecule has 1 N–H and O–H groups in total. The summed E-state index contributed by atoms with van der Waals surface area (Å²) in [6, 6.07) is 6.08. The van der Waals surface area contributed by atoms with Crippen molar-refractivity contribution in [2.24, 2.45) is 0 Å². The van der Waals surface area contributed by atoms with Crippen LogP contribution in [0.2, 0.25) is 5.02 Å². The monoisotopic (exact) mass is 450 g/mol. The Hall–Kier alpha value is -1.94. The molecule has 0 spiro atoms. The molecule has 0 aliphatic rings. The van der Waals surface area contributed by atoms with Crippen LogP contribution in [0.4, 0.5) is 15.8 Å². The van der Waals surface area contributed by atoms with Crippen molar-refractivity contribution < 1.29 is 18.8 Å². The van der Waals surface area contributed by atoms with E-state index in [0.717, 1.165) is 12.1 Å². The summed E-state index contributed by atoms with van der Waals surface area (Å²) in [6.45, 7) is 0. The Balaban J connectivity index is 2.35. The zero-order chi connectivity index (χ0) is 17.1. The van der Waals surface area contributed by atoms with E-state index < -0.39 is 22.3 Å². The molecule has 2 aromatic rings. The number of halogens is 3. The van der Waals surface area contributed by atoms with Crippen LogP contribution < -0.4 is 10.1 Å². The number of nitro groups is 1. The molecule has 23 heavy (non-hydrogen) atoms. The number of amides is 1.